The first-order valence-corrected chi connectivity index (χ1v) is 8.74. The zero-order valence-corrected chi connectivity index (χ0v) is 13.3. The molecule has 0 aromatic carbocycles. The van der Waals surface area contributed by atoms with E-state index in [4.69, 9.17) is 0 Å². The number of amides is 1. The number of carbonyl (C=O) groups excluding carboxylic acids is 2. The third-order valence-corrected chi connectivity index (χ3v) is 5.61. The number of piperidine rings is 1. The van der Waals surface area contributed by atoms with Crippen LogP contribution in [0.25, 0.3) is 0 Å². The molecule has 0 spiro atoms. The molecular formula is C16H22N2O2S. The van der Waals surface area contributed by atoms with Crippen molar-refractivity contribution >= 4 is 23.0 Å². The fourth-order valence-corrected chi connectivity index (χ4v) is 4.38. The molecule has 0 bridgehead atoms. The highest BCUT2D eigenvalue weighted by molar-refractivity contribution is 7.13. The number of aryl methyl sites for hydroxylation is 1. The molecule has 2 aliphatic rings. The molecule has 0 radical (unpaired) electrons. The quantitative estimate of drug-likeness (QED) is 0.843. The summed E-state index contributed by atoms with van der Waals surface area (Å²) in [4.78, 5) is 31.9. The van der Waals surface area contributed by atoms with E-state index in [-0.39, 0.29) is 17.9 Å². The molecule has 1 amide bonds. The maximum atomic E-state index is 12.8. The molecule has 1 aliphatic heterocycles. The van der Waals surface area contributed by atoms with Gasteiger partial charge in [0.1, 0.15) is 10.7 Å². The molecule has 114 valence electrons. The van der Waals surface area contributed by atoms with Crippen LogP contribution in [0.2, 0.25) is 0 Å². The molecular weight excluding hydrogens is 284 g/mol. The summed E-state index contributed by atoms with van der Waals surface area (Å²) in [6.07, 6.45) is 8.61. The highest BCUT2D eigenvalue weighted by atomic mass is 32.1. The number of carbonyl (C=O) groups is 2. The average Bonchev–Trinajstić information content (AvgIpc) is 2.94. The van der Waals surface area contributed by atoms with Crippen LogP contribution in [0.5, 0.6) is 0 Å². The predicted molar refractivity (Wildman–Crippen MR) is 82.5 cm³/mol. The highest BCUT2D eigenvalue weighted by Crippen LogP contribution is 2.33. The minimum absolute atomic E-state index is 0.0667. The third-order valence-electron chi connectivity index (χ3n) is 4.71. The van der Waals surface area contributed by atoms with Crippen LogP contribution in [0.15, 0.2) is 6.20 Å². The summed E-state index contributed by atoms with van der Waals surface area (Å²) in [6, 6.07) is 0.112. The lowest BCUT2D eigenvalue weighted by Gasteiger charge is -2.40. The van der Waals surface area contributed by atoms with Crippen LogP contribution in [0.4, 0.5) is 0 Å². The Hall–Kier alpha value is -1.23. The number of Topliss-reactive ketones (excluding diaryl/α,β-unsaturated/α-hetero) is 1. The summed E-state index contributed by atoms with van der Waals surface area (Å²) in [5, 5.41) is 0.917. The fraction of sp³-hybridized carbons (Fsp3) is 0.688. The van der Waals surface area contributed by atoms with Gasteiger partial charge in [-0.2, -0.15) is 0 Å². The van der Waals surface area contributed by atoms with Gasteiger partial charge in [-0.3, -0.25) is 9.59 Å². The molecule has 21 heavy (non-hydrogen) atoms. The van der Waals surface area contributed by atoms with E-state index in [9.17, 15) is 9.59 Å². The molecule has 1 aliphatic carbocycles. The van der Waals surface area contributed by atoms with Crippen molar-refractivity contribution in [2.45, 2.75) is 57.9 Å². The number of hydrogen-bond donors (Lipinski definition) is 0. The second-order valence-corrected chi connectivity index (χ2v) is 7.36. The molecule has 2 atom stereocenters. The summed E-state index contributed by atoms with van der Waals surface area (Å²) in [6.45, 7) is 2.70. The van der Waals surface area contributed by atoms with Crippen molar-refractivity contribution in [1.29, 1.82) is 0 Å². The van der Waals surface area contributed by atoms with Gasteiger partial charge in [0.2, 0.25) is 0 Å². The number of nitrogens with zero attached hydrogens (tertiary/aromatic N) is 2. The van der Waals surface area contributed by atoms with E-state index in [0.717, 1.165) is 50.1 Å². The SMILES string of the molecule is Cc1ncc(C(=O)N2CCCCC2C2CCCCC2=O)s1. The van der Waals surface area contributed by atoms with Gasteiger partial charge in [0.15, 0.2) is 0 Å². The molecule has 1 saturated carbocycles. The van der Waals surface area contributed by atoms with Gasteiger partial charge in [0.05, 0.1) is 11.2 Å². The maximum absolute atomic E-state index is 12.8. The van der Waals surface area contributed by atoms with Crippen molar-refractivity contribution in [3.63, 3.8) is 0 Å². The first-order chi connectivity index (χ1) is 10.2. The Kier molecular flexibility index (Phi) is 4.38. The minimum atomic E-state index is 0.0667. The Labute approximate surface area is 129 Å². The third kappa shape index (κ3) is 3.03. The van der Waals surface area contributed by atoms with E-state index in [1.807, 2.05) is 11.8 Å². The molecule has 2 heterocycles. The van der Waals surface area contributed by atoms with Gasteiger partial charge in [0.25, 0.3) is 5.91 Å². The lowest BCUT2D eigenvalue weighted by molar-refractivity contribution is -0.127. The monoisotopic (exact) mass is 306 g/mol. The van der Waals surface area contributed by atoms with Gasteiger partial charge in [-0.1, -0.05) is 6.42 Å². The second-order valence-electron chi connectivity index (χ2n) is 6.12. The zero-order chi connectivity index (χ0) is 14.8. The lowest BCUT2D eigenvalue weighted by Crippen LogP contribution is -2.50. The van der Waals surface area contributed by atoms with Crippen LogP contribution < -0.4 is 0 Å². The lowest BCUT2D eigenvalue weighted by atomic mass is 9.79. The molecule has 2 fully saturated rings. The van der Waals surface area contributed by atoms with Crippen LogP contribution in [0, 0.1) is 12.8 Å². The smallest absolute Gasteiger partial charge is 0.265 e. The van der Waals surface area contributed by atoms with E-state index in [2.05, 4.69) is 4.98 Å². The summed E-state index contributed by atoms with van der Waals surface area (Å²) in [5.41, 5.74) is 0. The molecule has 1 aromatic rings. The Morgan fingerprint density at radius 1 is 1.29 bits per heavy atom. The van der Waals surface area contributed by atoms with E-state index in [0.29, 0.717) is 17.1 Å². The molecule has 5 heteroatoms. The Bertz CT molecular complexity index is 540. The van der Waals surface area contributed by atoms with E-state index >= 15 is 0 Å². The number of likely N-dealkylation sites (tertiary alicyclic amines) is 1. The Morgan fingerprint density at radius 3 is 2.81 bits per heavy atom. The van der Waals surface area contributed by atoms with Crippen LogP contribution >= 0.6 is 11.3 Å². The molecule has 1 aromatic heterocycles. The Balaban J connectivity index is 1.80. The zero-order valence-electron chi connectivity index (χ0n) is 12.5. The summed E-state index contributed by atoms with van der Waals surface area (Å²) < 4.78 is 0. The van der Waals surface area contributed by atoms with Crippen molar-refractivity contribution in [3.8, 4) is 0 Å². The van der Waals surface area contributed by atoms with Crippen molar-refractivity contribution in [3.05, 3.63) is 16.1 Å². The van der Waals surface area contributed by atoms with Crippen LogP contribution in [0.3, 0.4) is 0 Å². The van der Waals surface area contributed by atoms with Gasteiger partial charge in [0, 0.05) is 24.9 Å². The van der Waals surface area contributed by atoms with Crippen molar-refractivity contribution in [2.24, 2.45) is 5.92 Å². The second kappa shape index (κ2) is 6.26. The van der Waals surface area contributed by atoms with Crippen molar-refractivity contribution in [2.75, 3.05) is 6.54 Å². The van der Waals surface area contributed by atoms with Crippen LogP contribution in [0.1, 0.15) is 59.6 Å². The number of aromatic nitrogens is 1. The first-order valence-electron chi connectivity index (χ1n) is 7.93. The summed E-state index contributed by atoms with van der Waals surface area (Å²) in [5.74, 6) is 0.507. The maximum Gasteiger partial charge on any atom is 0.265 e. The van der Waals surface area contributed by atoms with E-state index in [1.165, 1.54) is 11.3 Å². The van der Waals surface area contributed by atoms with Crippen molar-refractivity contribution in [1.82, 2.24) is 9.88 Å². The van der Waals surface area contributed by atoms with Crippen molar-refractivity contribution < 1.29 is 9.59 Å². The van der Waals surface area contributed by atoms with Crippen LogP contribution in [-0.2, 0) is 4.79 Å². The van der Waals surface area contributed by atoms with Gasteiger partial charge in [-0.15, -0.1) is 11.3 Å². The van der Waals surface area contributed by atoms with E-state index in [1.54, 1.807) is 6.20 Å². The van der Waals surface area contributed by atoms with Gasteiger partial charge >= 0.3 is 0 Å². The number of hydrogen-bond acceptors (Lipinski definition) is 4. The number of thiazole rings is 1. The largest absolute Gasteiger partial charge is 0.334 e. The minimum Gasteiger partial charge on any atom is -0.334 e. The molecule has 1 saturated heterocycles. The topological polar surface area (TPSA) is 50.3 Å². The average molecular weight is 306 g/mol. The van der Waals surface area contributed by atoms with E-state index < -0.39 is 0 Å². The standard InChI is InChI=1S/C16H22N2O2S/c1-11-17-10-15(21-11)16(20)18-9-5-4-7-13(18)12-6-2-3-8-14(12)19/h10,12-13H,2-9H2,1H3. The predicted octanol–water partition coefficient (Wildman–Crippen LogP) is 3.21. The van der Waals surface area contributed by atoms with Gasteiger partial charge in [-0.05, 0) is 39.0 Å². The highest BCUT2D eigenvalue weighted by Gasteiger charge is 2.38. The summed E-state index contributed by atoms with van der Waals surface area (Å²) >= 11 is 1.45. The first kappa shape index (κ1) is 14.7. The number of rotatable bonds is 2. The molecule has 4 nitrogen and oxygen atoms in total. The van der Waals surface area contributed by atoms with Gasteiger partial charge in [-0.25, -0.2) is 4.98 Å². The number of ketones is 1. The normalized spacial score (nSPS) is 26.9. The molecule has 3 rings (SSSR count). The molecule has 0 N–H and O–H groups in total. The fourth-order valence-electron chi connectivity index (χ4n) is 3.65. The summed E-state index contributed by atoms with van der Waals surface area (Å²) in [7, 11) is 0. The molecule has 2 unspecified atom stereocenters. The van der Waals surface area contributed by atoms with Crippen LogP contribution in [-0.4, -0.2) is 34.2 Å². The Morgan fingerprint density at radius 2 is 2.10 bits per heavy atom. The van der Waals surface area contributed by atoms with Gasteiger partial charge < -0.3 is 4.90 Å².